The van der Waals surface area contributed by atoms with Gasteiger partial charge in [-0.25, -0.2) is 4.99 Å². The van der Waals surface area contributed by atoms with Crippen molar-refractivity contribution in [1.82, 2.24) is 9.13 Å². The fourth-order valence-corrected chi connectivity index (χ4v) is 4.06. The first kappa shape index (κ1) is 26.2. The molecule has 0 saturated carbocycles. The fraction of sp³-hybridized carbons (Fsp3) is 0.185. The van der Waals surface area contributed by atoms with Gasteiger partial charge in [-0.1, -0.05) is 12.1 Å². The van der Waals surface area contributed by atoms with Crippen LogP contribution in [-0.4, -0.2) is 39.2 Å². The molecule has 4 rings (SSSR count). The number of aliphatic imine (C=N–C) groups is 1. The topological polar surface area (TPSA) is 162 Å². The van der Waals surface area contributed by atoms with Gasteiger partial charge in [-0.15, -0.1) is 0 Å². The summed E-state index contributed by atoms with van der Waals surface area (Å²) in [6, 6.07) is 14.3. The molecule has 0 saturated heterocycles. The van der Waals surface area contributed by atoms with Crippen LogP contribution in [0.1, 0.15) is 34.3 Å². The molecule has 196 valence electrons. The Balaban J connectivity index is 1.50. The molecular weight excluding hydrogens is 484 g/mol. The molecule has 0 spiro atoms. The van der Waals surface area contributed by atoms with Crippen LogP contribution in [0.4, 0.5) is 22.7 Å². The second-order valence-corrected chi connectivity index (χ2v) is 8.93. The number of amides is 3. The fourth-order valence-electron chi connectivity index (χ4n) is 4.06. The smallest absolute Gasteiger partial charge is 0.272 e. The van der Waals surface area contributed by atoms with E-state index in [4.69, 9.17) is 11.5 Å². The van der Waals surface area contributed by atoms with Gasteiger partial charge in [0.1, 0.15) is 17.2 Å². The highest BCUT2D eigenvalue weighted by molar-refractivity contribution is 6.07. The monoisotopic (exact) mass is 514 g/mol. The van der Waals surface area contributed by atoms with E-state index in [2.05, 4.69) is 20.9 Å². The largest absolute Gasteiger partial charge is 0.387 e. The number of carbonyl (C=O) groups is 3. The highest BCUT2D eigenvalue weighted by Crippen LogP contribution is 2.25. The highest BCUT2D eigenvalue weighted by Gasteiger charge is 2.15. The maximum atomic E-state index is 12.9. The highest BCUT2D eigenvalue weighted by atomic mass is 16.2. The van der Waals surface area contributed by atoms with Crippen molar-refractivity contribution in [1.29, 1.82) is 0 Å². The normalized spacial score (nSPS) is 11.4. The van der Waals surface area contributed by atoms with Gasteiger partial charge in [0.05, 0.1) is 11.4 Å². The summed E-state index contributed by atoms with van der Waals surface area (Å²) in [5, 5.41) is 10.2. The van der Waals surface area contributed by atoms with E-state index in [1.54, 1.807) is 53.8 Å². The van der Waals surface area contributed by atoms with Gasteiger partial charge in [0.2, 0.25) is 5.91 Å². The van der Waals surface area contributed by atoms with Crippen molar-refractivity contribution in [3.8, 4) is 0 Å². The molecule has 7 N–H and O–H groups in total. The molecule has 4 aromatic rings. The summed E-state index contributed by atoms with van der Waals surface area (Å²) < 4.78 is 3.32. The van der Waals surface area contributed by atoms with Gasteiger partial charge in [0, 0.05) is 51.2 Å². The van der Waals surface area contributed by atoms with Crippen molar-refractivity contribution >= 4 is 57.1 Å². The molecule has 0 atom stereocenters. The standard InChI is InChI=1S/C27H30N8O3/c1-16(36)30-21-12-23(34(2)14-21)26(37)32-19-6-4-17-5-7-20(11-18(17)10-19)33-27(38)24-13-22(15-35(24)3)31-25(29)8-9-28/h4-7,10-15H,8-9,28H2,1-3H3,(H2,29,31)(H,30,36)(H,32,37)(H,33,38). The number of rotatable bonds is 8. The number of carbonyl (C=O) groups excluding carboxylic acids is 3. The Morgan fingerprint density at radius 1 is 0.789 bits per heavy atom. The van der Waals surface area contributed by atoms with E-state index in [9.17, 15) is 14.4 Å². The second kappa shape index (κ2) is 11.0. The number of anilines is 3. The Hall–Kier alpha value is -4.90. The van der Waals surface area contributed by atoms with Crippen molar-refractivity contribution in [2.24, 2.45) is 30.6 Å². The molecule has 38 heavy (non-hydrogen) atoms. The van der Waals surface area contributed by atoms with Crippen LogP contribution in [0.15, 0.2) is 65.9 Å². The number of hydrogen-bond donors (Lipinski definition) is 5. The van der Waals surface area contributed by atoms with Crippen molar-refractivity contribution in [3.05, 3.63) is 72.3 Å². The first-order valence-electron chi connectivity index (χ1n) is 11.9. The average Bonchev–Trinajstić information content (AvgIpc) is 3.39. The van der Waals surface area contributed by atoms with Gasteiger partial charge >= 0.3 is 0 Å². The van der Waals surface area contributed by atoms with Crippen LogP contribution in [0.25, 0.3) is 10.8 Å². The van der Waals surface area contributed by atoms with Crippen LogP contribution >= 0.6 is 0 Å². The first-order chi connectivity index (χ1) is 18.1. The van der Waals surface area contributed by atoms with Crippen LogP contribution in [0, 0.1) is 0 Å². The molecule has 2 aromatic heterocycles. The molecule has 0 unspecified atom stereocenters. The zero-order valence-electron chi connectivity index (χ0n) is 21.4. The van der Waals surface area contributed by atoms with Crippen LogP contribution in [-0.2, 0) is 18.9 Å². The number of nitrogens with one attached hydrogen (secondary N) is 3. The molecule has 0 aliphatic carbocycles. The number of hydrogen-bond acceptors (Lipinski definition) is 5. The molecule has 0 radical (unpaired) electrons. The lowest BCUT2D eigenvalue weighted by Crippen LogP contribution is -2.16. The van der Waals surface area contributed by atoms with Crippen LogP contribution < -0.4 is 27.4 Å². The van der Waals surface area contributed by atoms with Gasteiger partial charge in [-0.3, -0.25) is 14.4 Å². The third kappa shape index (κ3) is 6.08. The summed E-state index contributed by atoms with van der Waals surface area (Å²) in [5.41, 5.74) is 14.5. The predicted molar refractivity (Wildman–Crippen MR) is 150 cm³/mol. The molecule has 2 heterocycles. The maximum Gasteiger partial charge on any atom is 0.272 e. The number of nitrogens with two attached hydrogens (primary N) is 2. The van der Waals surface area contributed by atoms with Crippen LogP contribution in [0.3, 0.4) is 0 Å². The zero-order chi connectivity index (χ0) is 27.4. The summed E-state index contributed by atoms with van der Waals surface area (Å²) in [4.78, 5) is 41.4. The molecule has 0 aliphatic rings. The third-order valence-electron chi connectivity index (χ3n) is 5.81. The summed E-state index contributed by atoms with van der Waals surface area (Å²) in [6.45, 7) is 1.81. The maximum absolute atomic E-state index is 12.9. The minimum Gasteiger partial charge on any atom is -0.387 e. The Labute approximate surface area is 219 Å². The lowest BCUT2D eigenvalue weighted by atomic mass is 10.1. The molecule has 11 heteroatoms. The van der Waals surface area contributed by atoms with Gasteiger partial charge < -0.3 is 36.6 Å². The van der Waals surface area contributed by atoms with Crippen LogP contribution in [0.5, 0.6) is 0 Å². The molecule has 0 aliphatic heterocycles. The first-order valence-corrected chi connectivity index (χ1v) is 11.9. The zero-order valence-corrected chi connectivity index (χ0v) is 21.4. The summed E-state index contributed by atoms with van der Waals surface area (Å²) in [5.74, 6) is -0.424. The lowest BCUT2D eigenvalue weighted by molar-refractivity contribution is -0.114. The van der Waals surface area contributed by atoms with E-state index in [1.165, 1.54) is 6.92 Å². The van der Waals surface area contributed by atoms with Gasteiger partial charge in [-0.05, 0) is 53.7 Å². The number of nitrogens with zero attached hydrogens (tertiary/aromatic N) is 3. The van der Waals surface area contributed by atoms with E-state index >= 15 is 0 Å². The SMILES string of the molecule is CC(=O)Nc1cc(C(=O)Nc2ccc3ccc(NC(=O)c4cc(N=C(N)CCN)cn4C)cc3c2)n(C)c1. The number of aryl methyl sites for hydroxylation is 2. The number of amidine groups is 1. The van der Waals surface area contributed by atoms with E-state index in [-0.39, 0.29) is 17.7 Å². The summed E-state index contributed by atoms with van der Waals surface area (Å²) in [7, 11) is 3.49. The average molecular weight is 515 g/mol. The van der Waals surface area contributed by atoms with Crippen molar-refractivity contribution < 1.29 is 14.4 Å². The second-order valence-electron chi connectivity index (χ2n) is 8.93. The van der Waals surface area contributed by atoms with E-state index in [0.29, 0.717) is 52.9 Å². The molecule has 0 fully saturated rings. The number of aromatic nitrogens is 2. The number of benzene rings is 2. The molecule has 3 amide bonds. The minimum absolute atomic E-state index is 0.215. The lowest BCUT2D eigenvalue weighted by Gasteiger charge is -2.10. The predicted octanol–water partition coefficient (Wildman–Crippen LogP) is 3.32. The molecule has 2 aromatic carbocycles. The van der Waals surface area contributed by atoms with Gasteiger partial charge in [0.25, 0.3) is 11.8 Å². The van der Waals surface area contributed by atoms with E-state index in [1.807, 2.05) is 30.3 Å². The summed E-state index contributed by atoms with van der Waals surface area (Å²) >= 11 is 0. The van der Waals surface area contributed by atoms with Crippen molar-refractivity contribution in [3.63, 3.8) is 0 Å². The van der Waals surface area contributed by atoms with Crippen LogP contribution in [0.2, 0.25) is 0 Å². The van der Waals surface area contributed by atoms with Gasteiger partial charge in [-0.2, -0.15) is 0 Å². The van der Waals surface area contributed by atoms with Crippen molar-refractivity contribution in [2.75, 3.05) is 22.5 Å². The quantitative estimate of drug-likeness (QED) is 0.180. The molecule has 0 bridgehead atoms. The minimum atomic E-state index is -0.317. The Bertz CT molecular complexity index is 1560. The van der Waals surface area contributed by atoms with E-state index in [0.717, 1.165) is 10.8 Å². The van der Waals surface area contributed by atoms with Crippen molar-refractivity contribution in [2.45, 2.75) is 13.3 Å². The summed E-state index contributed by atoms with van der Waals surface area (Å²) in [6.07, 6.45) is 3.86. The Morgan fingerprint density at radius 3 is 1.95 bits per heavy atom. The number of fused-ring (bicyclic) bond motifs is 1. The third-order valence-corrected chi connectivity index (χ3v) is 5.81. The Kier molecular flexibility index (Phi) is 7.58. The molecular formula is C27H30N8O3. The van der Waals surface area contributed by atoms with E-state index < -0.39 is 0 Å². The molecule has 11 nitrogen and oxygen atoms in total. The Morgan fingerprint density at radius 2 is 1.37 bits per heavy atom. The van der Waals surface area contributed by atoms with Gasteiger partial charge in [0.15, 0.2) is 0 Å².